The van der Waals surface area contributed by atoms with Crippen molar-refractivity contribution in [3.63, 3.8) is 0 Å². The Bertz CT molecular complexity index is 711. The molecule has 1 aromatic carbocycles. The molecule has 6 nitrogen and oxygen atoms in total. The van der Waals surface area contributed by atoms with Gasteiger partial charge in [-0.2, -0.15) is 0 Å². The van der Waals surface area contributed by atoms with Crippen LogP contribution in [0, 0.1) is 17.7 Å². The number of likely N-dealkylation sites (tertiary alicyclic amines) is 1. The molecule has 2 aliphatic rings. The highest BCUT2D eigenvalue weighted by Crippen LogP contribution is 2.21. The number of carbonyl (C=O) groups is 2. The molecule has 1 aromatic rings. The Labute approximate surface area is 173 Å². The largest absolute Gasteiger partial charge is 0.335 e. The van der Waals surface area contributed by atoms with Crippen molar-refractivity contribution in [2.75, 3.05) is 45.8 Å². The van der Waals surface area contributed by atoms with E-state index < -0.39 is 5.82 Å². The van der Waals surface area contributed by atoms with Gasteiger partial charge in [0.25, 0.3) is 5.91 Å². The zero-order chi connectivity index (χ0) is 21.0. The summed E-state index contributed by atoms with van der Waals surface area (Å²) in [6, 6.07) is 6.00. The molecule has 2 aliphatic heterocycles. The fourth-order valence-corrected chi connectivity index (χ4v) is 4.59. The molecular weight excluding hydrogens is 371 g/mol. The highest BCUT2D eigenvalue weighted by molar-refractivity contribution is 5.94. The van der Waals surface area contributed by atoms with Gasteiger partial charge in [0.15, 0.2) is 0 Å². The first-order chi connectivity index (χ1) is 13.8. The van der Waals surface area contributed by atoms with E-state index in [-0.39, 0.29) is 23.5 Å². The van der Waals surface area contributed by atoms with Crippen LogP contribution in [0.25, 0.3) is 0 Å². The summed E-state index contributed by atoms with van der Waals surface area (Å²) in [7, 11) is 0. The minimum Gasteiger partial charge on any atom is -0.335 e. The highest BCUT2D eigenvalue weighted by atomic mass is 19.1. The van der Waals surface area contributed by atoms with Crippen LogP contribution in [0.15, 0.2) is 24.3 Å². The molecule has 2 saturated heterocycles. The van der Waals surface area contributed by atoms with E-state index in [1.54, 1.807) is 21.9 Å². The normalized spacial score (nSPS) is 24.3. The van der Waals surface area contributed by atoms with Crippen molar-refractivity contribution in [1.29, 1.82) is 0 Å². The van der Waals surface area contributed by atoms with E-state index >= 15 is 0 Å². The van der Waals surface area contributed by atoms with E-state index in [9.17, 15) is 14.0 Å². The number of benzene rings is 1. The lowest BCUT2D eigenvalue weighted by molar-refractivity contribution is 0.0656. The second-order valence-electron chi connectivity index (χ2n) is 8.77. The van der Waals surface area contributed by atoms with E-state index in [1.165, 1.54) is 18.6 Å². The molecular formula is C22H33FN4O2. The molecule has 7 heteroatoms. The number of hydrogen-bond donors (Lipinski definition) is 1. The van der Waals surface area contributed by atoms with Crippen LogP contribution in [0.5, 0.6) is 0 Å². The molecule has 2 heterocycles. The zero-order valence-electron chi connectivity index (χ0n) is 17.7. The van der Waals surface area contributed by atoms with Gasteiger partial charge in [-0.3, -0.25) is 4.79 Å². The Kier molecular flexibility index (Phi) is 7.11. The third-order valence-electron chi connectivity index (χ3n) is 5.80. The average molecular weight is 405 g/mol. The van der Waals surface area contributed by atoms with Crippen molar-refractivity contribution in [1.82, 2.24) is 20.0 Å². The maximum atomic E-state index is 13.9. The van der Waals surface area contributed by atoms with Crippen LogP contribution in [0.1, 0.15) is 37.6 Å². The van der Waals surface area contributed by atoms with E-state index in [0.29, 0.717) is 38.0 Å². The van der Waals surface area contributed by atoms with Crippen molar-refractivity contribution in [2.45, 2.75) is 33.2 Å². The minimum atomic E-state index is -0.507. The van der Waals surface area contributed by atoms with Gasteiger partial charge in [-0.1, -0.05) is 26.0 Å². The number of urea groups is 1. The van der Waals surface area contributed by atoms with Gasteiger partial charge in [0.2, 0.25) is 0 Å². The molecule has 0 spiro atoms. The Hall–Kier alpha value is -2.15. The van der Waals surface area contributed by atoms with Crippen LogP contribution in [0.2, 0.25) is 0 Å². The summed E-state index contributed by atoms with van der Waals surface area (Å²) in [4.78, 5) is 30.9. The number of rotatable bonds is 4. The molecule has 3 rings (SSSR count). The number of piperidine rings is 1. The van der Waals surface area contributed by atoms with Gasteiger partial charge in [0, 0.05) is 51.9 Å². The molecule has 2 fully saturated rings. The van der Waals surface area contributed by atoms with Gasteiger partial charge in [0.1, 0.15) is 5.82 Å². The second kappa shape index (κ2) is 9.57. The Morgan fingerprint density at radius 2 is 1.66 bits per heavy atom. The fraction of sp³-hybridized carbons (Fsp3) is 0.636. The second-order valence-corrected chi connectivity index (χ2v) is 8.77. The first-order valence-electron chi connectivity index (χ1n) is 10.6. The smallest absolute Gasteiger partial charge is 0.317 e. The van der Waals surface area contributed by atoms with Gasteiger partial charge in [0.05, 0.1) is 5.56 Å². The topological polar surface area (TPSA) is 55.9 Å². The van der Waals surface area contributed by atoms with Gasteiger partial charge >= 0.3 is 6.03 Å². The zero-order valence-corrected chi connectivity index (χ0v) is 17.7. The van der Waals surface area contributed by atoms with Crippen molar-refractivity contribution in [3.05, 3.63) is 35.6 Å². The Morgan fingerprint density at radius 3 is 2.28 bits per heavy atom. The van der Waals surface area contributed by atoms with E-state index in [2.05, 4.69) is 24.1 Å². The third-order valence-corrected chi connectivity index (χ3v) is 5.80. The van der Waals surface area contributed by atoms with Crippen molar-refractivity contribution < 1.29 is 14.0 Å². The van der Waals surface area contributed by atoms with Crippen LogP contribution in [-0.2, 0) is 0 Å². The van der Waals surface area contributed by atoms with Gasteiger partial charge in [-0.15, -0.1) is 0 Å². The maximum Gasteiger partial charge on any atom is 0.317 e. The lowest BCUT2D eigenvalue weighted by Crippen LogP contribution is -2.55. The lowest BCUT2D eigenvalue weighted by Gasteiger charge is -2.38. The number of halogens is 1. The first kappa shape index (κ1) is 21.6. The van der Waals surface area contributed by atoms with Gasteiger partial charge in [-0.05, 0) is 37.3 Å². The SMILES string of the molecule is CC1CC(C)CN(CC(C)NC(=O)N2CCN(C(=O)c3ccccc3F)CC2)C1. The molecule has 0 bridgehead atoms. The number of hydrogen-bond acceptors (Lipinski definition) is 3. The third kappa shape index (κ3) is 5.69. The van der Waals surface area contributed by atoms with Crippen molar-refractivity contribution in [2.24, 2.45) is 11.8 Å². The predicted octanol–water partition coefficient (Wildman–Crippen LogP) is 2.66. The minimum absolute atomic E-state index is 0.0677. The van der Waals surface area contributed by atoms with E-state index in [4.69, 9.17) is 0 Å². The van der Waals surface area contributed by atoms with Crippen LogP contribution in [0.3, 0.4) is 0 Å². The standard InChI is InChI=1S/C22H33FN4O2/c1-16-12-17(2)14-25(13-16)15-18(3)24-22(29)27-10-8-26(9-11-27)21(28)19-6-4-5-7-20(19)23/h4-7,16-18H,8-15H2,1-3H3,(H,24,29). The number of amides is 3. The molecule has 3 unspecified atom stereocenters. The summed E-state index contributed by atoms with van der Waals surface area (Å²) in [6.07, 6.45) is 1.27. The predicted molar refractivity (Wildman–Crippen MR) is 111 cm³/mol. The molecule has 3 atom stereocenters. The first-order valence-corrected chi connectivity index (χ1v) is 10.6. The molecule has 0 aromatic heterocycles. The number of carbonyl (C=O) groups excluding carboxylic acids is 2. The van der Waals surface area contributed by atoms with Gasteiger partial charge in [-0.25, -0.2) is 9.18 Å². The fourth-order valence-electron chi connectivity index (χ4n) is 4.59. The lowest BCUT2D eigenvalue weighted by atomic mass is 9.92. The monoisotopic (exact) mass is 404 g/mol. The summed E-state index contributed by atoms with van der Waals surface area (Å²) < 4.78 is 13.9. The molecule has 29 heavy (non-hydrogen) atoms. The summed E-state index contributed by atoms with van der Waals surface area (Å²) in [6.45, 7) is 11.4. The Balaban J connectivity index is 1.45. The number of piperazine rings is 1. The molecule has 3 amide bonds. The average Bonchev–Trinajstić information content (AvgIpc) is 2.67. The number of nitrogens with one attached hydrogen (secondary N) is 1. The summed E-state index contributed by atoms with van der Waals surface area (Å²) in [5.74, 6) is 0.571. The van der Waals surface area contributed by atoms with Crippen molar-refractivity contribution >= 4 is 11.9 Å². The molecule has 0 saturated carbocycles. The van der Waals surface area contributed by atoms with E-state index in [1.807, 2.05) is 6.92 Å². The number of nitrogens with zero attached hydrogens (tertiary/aromatic N) is 3. The summed E-state index contributed by atoms with van der Waals surface area (Å²) in [5, 5.41) is 3.09. The van der Waals surface area contributed by atoms with Gasteiger partial charge < -0.3 is 20.0 Å². The van der Waals surface area contributed by atoms with Crippen LogP contribution < -0.4 is 5.32 Å². The quantitative estimate of drug-likeness (QED) is 0.840. The van der Waals surface area contributed by atoms with Crippen LogP contribution in [0.4, 0.5) is 9.18 Å². The molecule has 0 aliphatic carbocycles. The highest BCUT2D eigenvalue weighted by Gasteiger charge is 2.28. The van der Waals surface area contributed by atoms with Crippen LogP contribution in [-0.4, -0.2) is 78.5 Å². The molecule has 1 N–H and O–H groups in total. The Morgan fingerprint density at radius 1 is 1.07 bits per heavy atom. The van der Waals surface area contributed by atoms with Crippen LogP contribution >= 0.6 is 0 Å². The van der Waals surface area contributed by atoms with E-state index in [0.717, 1.165) is 19.6 Å². The maximum absolute atomic E-state index is 13.9. The summed E-state index contributed by atoms with van der Waals surface area (Å²) in [5.41, 5.74) is 0.0870. The van der Waals surface area contributed by atoms with Crippen molar-refractivity contribution in [3.8, 4) is 0 Å². The molecule has 160 valence electrons. The molecule has 0 radical (unpaired) electrons. The summed E-state index contributed by atoms with van der Waals surface area (Å²) >= 11 is 0.